The average molecular weight is 499 g/mol. The molecule has 1 atom stereocenters. The normalized spacial score (nSPS) is 11.6. The minimum absolute atomic E-state index is 0.0327. The molecule has 2 N–H and O–H groups in total. The Hall–Kier alpha value is -3.50. The lowest BCUT2D eigenvalue weighted by atomic mass is 10.1. The number of hydrogen-bond donors (Lipinski definition) is 2. The van der Waals surface area contributed by atoms with Crippen LogP contribution >= 0.6 is 11.3 Å². The number of anilines is 1. The van der Waals surface area contributed by atoms with E-state index in [4.69, 9.17) is 9.15 Å². The third kappa shape index (κ3) is 8.66. The highest BCUT2D eigenvalue weighted by Gasteiger charge is 2.21. The molecule has 35 heavy (non-hydrogen) atoms. The molecule has 186 valence electrons. The number of aryl methyl sites for hydroxylation is 1. The summed E-state index contributed by atoms with van der Waals surface area (Å²) in [5, 5.41) is 7.79. The zero-order valence-electron chi connectivity index (χ0n) is 19.9. The van der Waals surface area contributed by atoms with Crippen molar-refractivity contribution in [3.05, 3.63) is 71.1 Å². The summed E-state index contributed by atoms with van der Waals surface area (Å²) in [4.78, 5) is 43.2. The van der Waals surface area contributed by atoms with Crippen LogP contribution in [0.15, 0.2) is 58.5 Å². The number of carbonyl (C=O) groups is 3. The van der Waals surface area contributed by atoms with Gasteiger partial charge in [0.2, 0.25) is 11.8 Å². The summed E-state index contributed by atoms with van der Waals surface area (Å²) in [5.74, 6) is -0.779. The Morgan fingerprint density at radius 2 is 1.94 bits per heavy atom. The Morgan fingerprint density at radius 1 is 1.14 bits per heavy atom. The maximum Gasteiger partial charge on any atom is 0.290 e. The molecule has 2 heterocycles. The lowest BCUT2D eigenvalue weighted by Gasteiger charge is -2.20. The van der Waals surface area contributed by atoms with E-state index in [1.54, 1.807) is 17.5 Å². The number of hydrogen-bond acceptors (Lipinski definition) is 7. The van der Waals surface area contributed by atoms with Crippen LogP contribution < -0.4 is 10.6 Å². The summed E-state index contributed by atoms with van der Waals surface area (Å²) in [6.07, 6.45) is 3.25. The Kier molecular flexibility index (Phi) is 10.00. The fraction of sp³-hybridized carbons (Fsp3) is 0.360. The minimum atomic E-state index is -0.403. The molecule has 3 amide bonds. The van der Waals surface area contributed by atoms with Gasteiger partial charge in [0, 0.05) is 25.1 Å². The molecule has 0 spiro atoms. The Morgan fingerprint density at radius 3 is 2.66 bits per heavy atom. The van der Waals surface area contributed by atoms with Gasteiger partial charge in [-0.3, -0.25) is 14.4 Å². The molecule has 3 rings (SSSR count). The fourth-order valence-corrected chi connectivity index (χ4v) is 4.10. The molecule has 0 fully saturated rings. The molecule has 0 radical (unpaired) electrons. The number of aromatic nitrogens is 1. The van der Waals surface area contributed by atoms with Crippen LogP contribution in [0.3, 0.4) is 0 Å². The van der Waals surface area contributed by atoms with Gasteiger partial charge in [0.1, 0.15) is 6.54 Å². The van der Waals surface area contributed by atoms with E-state index >= 15 is 0 Å². The molecular formula is C25H30N4O5S. The molecule has 3 aromatic rings. The number of methoxy groups -OCH3 is 1. The van der Waals surface area contributed by atoms with Crippen LogP contribution in [0.5, 0.6) is 0 Å². The molecule has 10 heteroatoms. The summed E-state index contributed by atoms with van der Waals surface area (Å²) in [5.41, 5.74) is 1.81. The predicted molar refractivity (Wildman–Crippen MR) is 133 cm³/mol. The van der Waals surface area contributed by atoms with Crippen molar-refractivity contribution in [3.8, 4) is 0 Å². The molecular weight excluding hydrogens is 468 g/mol. The van der Waals surface area contributed by atoms with Crippen molar-refractivity contribution in [2.45, 2.75) is 32.2 Å². The number of benzene rings is 1. The van der Waals surface area contributed by atoms with E-state index in [1.165, 1.54) is 35.2 Å². The molecule has 0 aliphatic heterocycles. The van der Waals surface area contributed by atoms with E-state index in [1.807, 2.05) is 25.1 Å². The van der Waals surface area contributed by atoms with Crippen molar-refractivity contribution in [2.24, 2.45) is 0 Å². The SMILES string of the molecule is COCCN(CC(=O)Nc1nc(CC(=O)NC(C)CCc2ccccc2)cs1)C(=O)c1ccco1. The van der Waals surface area contributed by atoms with Crippen molar-refractivity contribution < 1.29 is 23.5 Å². The van der Waals surface area contributed by atoms with Gasteiger partial charge < -0.3 is 24.7 Å². The number of thiazole rings is 1. The Labute approximate surface area is 208 Å². The second-order valence-corrected chi connectivity index (χ2v) is 8.92. The van der Waals surface area contributed by atoms with Crippen molar-refractivity contribution in [3.63, 3.8) is 0 Å². The first-order chi connectivity index (χ1) is 16.9. The predicted octanol–water partition coefficient (Wildman–Crippen LogP) is 3.14. The first-order valence-electron chi connectivity index (χ1n) is 11.3. The highest BCUT2D eigenvalue weighted by molar-refractivity contribution is 7.13. The maximum absolute atomic E-state index is 12.6. The highest BCUT2D eigenvalue weighted by atomic mass is 32.1. The van der Waals surface area contributed by atoms with Gasteiger partial charge in [-0.05, 0) is 37.5 Å². The summed E-state index contributed by atoms with van der Waals surface area (Å²) in [7, 11) is 1.52. The number of carbonyl (C=O) groups excluding carboxylic acids is 3. The number of ether oxygens (including phenoxy) is 1. The molecule has 0 saturated heterocycles. The van der Waals surface area contributed by atoms with Crippen LogP contribution in [0, 0.1) is 0 Å². The third-order valence-corrected chi connectivity index (χ3v) is 5.98. The molecule has 1 aromatic carbocycles. The lowest BCUT2D eigenvalue weighted by Crippen LogP contribution is -2.39. The molecule has 1 unspecified atom stereocenters. The van der Waals surface area contributed by atoms with E-state index in [-0.39, 0.29) is 43.8 Å². The monoisotopic (exact) mass is 498 g/mol. The smallest absolute Gasteiger partial charge is 0.290 e. The lowest BCUT2D eigenvalue weighted by molar-refractivity contribution is -0.121. The standard InChI is InChI=1S/C25H30N4O5S/c1-18(10-11-19-7-4-3-5-8-19)26-22(30)15-20-17-35-25(27-20)28-23(31)16-29(12-14-33-2)24(32)21-9-6-13-34-21/h3-9,13,17-18H,10-12,14-16H2,1-2H3,(H,26,30)(H,27,28,31). The van der Waals surface area contributed by atoms with Crippen LogP contribution in [0.2, 0.25) is 0 Å². The molecule has 0 aliphatic carbocycles. The molecule has 0 bridgehead atoms. The maximum atomic E-state index is 12.6. The zero-order chi connectivity index (χ0) is 25.0. The van der Waals surface area contributed by atoms with Crippen LogP contribution in [0.4, 0.5) is 5.13 Å². The van der Waals surface area contributed by atoms with E-state index in [0.29, 0.717) is 10.8 Å². The summed E-state index contributed by atoms with van der Waals surface area (Å²) in [6, 6.07) is 13.3. The number of amides is 3. The van der Waals surface area contributed by atoms with E-state index < -0.39 is 11.8 Å². The van der Waals surface area contributed by atoms with Gasteiger partial charge in [0.25, 0.3) is 5.91 Å². The molecule has 0 aliphatic rings. The van der Waals surface area contributed by atoms with Gasteiger partial charge in [-0.15, -0.1) is 11.3 Å². The molecule has 9 nitrogen and oxygen atoms in total. The molecule has 0 saturated carbocycles. The number of nitrogens with one attached hydrogen (secondary N) is 2. The van der Waals surface area contributed by atoms with Gasteiger partial charge >= 0.3 is 0 Å². The van der Waals surface area contributed by atoms with Crippen molar-refractivity contribution >= 4 is 34.2 Å². The van der Waals surface area contributed by atoms with Crippen LogP contribution in [-0.4, -0.2) is 60.5 Å². The Bertz CT molecular complexity index is 1080. The van der Waals surface area contributed by atoms with Crippen molar-refractivity contribution in [1.82, 2.24) is 15.2 Å². The van der Waals surface area contributed by atoms with Crippen LogP contribution in [0.1, 0.15) is 35.2 Å². The Balaban J connectivity index is 1.46. The van der Waals surface area contributed by atoms with E-state index in [2.05, 4.69) is 27.8 Å². The highest BCUT2D eigenvalue weighted by Crippen LogP contribution is 2.16. The average Bonchev–Trinajstić information content (AvgIpc) is 3.53. The third-order valence-electron chi connectivity index (χ3n) is 5.17. The van der Waals surface area contributed by atoms with Crippen molar-refractivity contribution in [2.75, 3.05) is 32.1 Å². The number of furan rings is 1. The molecule has 2 aromatic heterocycles. The fourth-order valence-electron chi connectivity index (χ4n) is 3.38. The van der Waals surface area contributed by atoms with E-state index in [0.717, 1.165) is 12.8 Å². The van der Waals surface area contributed by atoms with Crippen LogP contribution in [-0.2, 0) is 27.2 Å². The number of nitrogens with zero attached hydrogens (tertiary/aromatic N) is 2. The van der Waals surface area contributed by atoms with Gasteiger partial charge in [-0.25, -0.2) is 4.98 Å². The van der Waals surface area contributed by atoms with Gasteiger partial charge in [-0.2, -0.15) is 0 Å². The quantitative estimate of drug-likeness (QED) is 0.374. The summed E-state index contributed by atoms with van der Waals surface area (Å²) in [6.45, 7) is 2.30. The van der Waals surface area contributed by atoms with Crippen LogP contribution in [0.25, 0.3) is 0 Å². The minimum Gasteiger partial charge on any atom is -0.459 e. The first kappa shape index (κ1) is 26.1. The summed E-state index contributed by atoms with van der Waals surface area (Å²) < 4.78 is 10.2. The second-order valence-electron chi connectivity index (χ2n) is 8.06. The van der Waals surface area contributed by atoms with Gasteiger partial charge in [0.05, 0.1) is 25.0 Å². The van der Waals surface area contributed by atoms with Gasteiger partial charge in [0.15, 0.2) is 10.9 Å². The first-order valence-corrected chi connectivity index (χ1v) is 12.2. The van der Waals surface area contributed by atoms with E-state index in [9.17, 15) is 14.4 Å². The summed E-state index contributed by atoms with van der Waals surface area (Å²) >= 11 is 1.23. The largest absolute Gasteiger partial charge is 0.459 e. The van der Waals surface area contributed by atoms with Gasteiger partial charge in [-0.1, -0.05) is 30.3 Å². The topological polar surface area (TPSA) is 114 Å². The second kappa shape index (κ2) is 13.4. The van der Waals surface area contributed by atoms with Crippen molar-refractivity contribution in [1.29, 1.82) is 0 Å². The zero-order valence-corrected chi connectivity index (χ0v) is 20.7. The number of rotatable bonds is 13.